The van der Waals surface area contributed by atoms with Crippen molar-refractivity contribution in [1.82, 2.24) is 0 Å². The van der Waals surface area contributed by atoms with Crippen LogP contribution in [0.4, 0.5) is 0 Å². The highest BCUT2D eigenvalue weighted by Gasteiger charge is 2.04. The minimum atomic E-state index is 0.828. The number of benzene rings is 3. The van der Waals surface area contributed by atoms with Crippen molar-refractivity contribution < 1.29 is 0 Å². The zero-order valence-corrected chi connectivity index (χ0v) is 16.5. The molecule has 0 nitrogen and oxygen atoms in total. The molecule has 0 N–H and O–H groups in total. The Morgan fingerprint density at radius 1 is 0.783 bits per heavy atom. The summed E-state index contributed by atoms with van der Waals surface area (Å²) in [4.78, 5) is 0. The van der Waals surface area contributed by atoms with Crippen molar-refractivity contribution in [2.45, 2.75) is 6.16 Å². The molecule has 0 saturated carbocycles. The van der Waals surface area contributed by atoms with Crippen molar-refractivity contribution in [2.24, 2.45) is 0 Å². The van der Waals surface area contributed by atoms with Crippen molar-refractivity contribution >= 4 is 37.7 Å². The fourth-order valence-electron chi connectivity index (χ4n) is 2.67. The van der Waals surface area contributed by atoms with Crippen LogP contribution in [0.15, 0.2) is 66.7 Å². The lowest BCUT2D eigenvalue weighted by Gasteiger charge is -2.10. The van der Waals surface area contributed by atoms with Gasteiger partial charge in [-0.05, 0) is 63.4 Å². The van der Waals surface area contributed by atoms with Crippen LogP contribution >= 0.6 is 27.1 Å². The second kappa shape index (κ2) is 7.68. The summed E-state index contributed by atoms with van der Waals surface area (Å²) in [7, 11) is 6.39. The van der Waals surface area contributed by atoms with Gasteiger partial charge in [0.25, 0.3) is 0 Å². The molecule has 116 valence electrons. The molecule has 3 aromatic carbocycles. The predicted octanol–water partition coefficient (Wildman–Crippen LogP) is 4.83. The first-order valence-electron chi connectivity index (χ1n) is 7.68. The summed E-state index contributed by atoms with van der Waals surface area (Å²) in [6, 6.07) is 24.4. The summed E-state index contributed by atoms with van der Waals surface area (Å²) in [5.41, 5.74) is 6.52. The van der Waals surface area contributed by atoms with Gasteiger partial charge in [-0.25, -0.2) is 0 Å². The van der Waals surface area contributed by atoms with Crippen LogP contribution in [0.5, 0.6) is 0 Å². The molecule has 3 atom stereocenters. The first kappa shape index (κ1) is 16.8. The van der Waals surface area contributed by atoms with Crippen LogP contribution in [0.25, 0.3) is 22.3 Å². The molecular formula is C20H21P3. The van der Waals surface area contributed by atoms with Gasteiger partial charge in [0.1, 0.15) is 0 Å². The molecule has 0 saturated heterocycles. The molecular weight excluding hydrogens is 333 g/mol. The van der Waals surface area contributed by atoms with Gasteiger partial charge in [0.05, 0.1) is 0 Å². The molecule has 3 heteroatoms. The lowest BCUT2D eigenvalue weighted by Crippen LogP contribution is -1.97. The summed E-state index contributed by atoms with van der Waals surface area (Å²) < 4.78 is 0. The van der Waals surface area contributed by atoms with Gasteiger partial charge in [0.2, 0.25) is 0 Å². The monoisotopic (exact) mass is 354 g/mol. The van der Waals surface area contributed by atoms with Gasteiger partial charge in [-0.3, -0.25) is 0 Å². The Hall–Kier alpha value is -1.05. The number of hydrogen-bond acceptors (Lipinski definition) is 0. The number of hydrogen-bond donors (Lipinski definition) is 0. The van der Waals surface area contributed by atoms with Crippen molar-refractivity contribution in [2.75, 3.05) is 6.66 Å². The average molecular weight is 354 g/mol. The van der Waals surface area contributed by atoms with E-state index in [1.165, 1.54) is 38.4 Å². The van der Waals surface area contributed by atoms with Crippen LogP contribution in [0, 0.1) is 0 Å². The Balaban J connectivity index is 2.04. The molecule has 0 amide bonds. The van der Waals surface area contributed by atoms with Crippen LogP contribution in [0.1, 0.15) is 5.56 Å². The van der Waals surface area contributed by atoms with E-state index in [9.17, 15) is 0 Å². The smallest absolute Gasteiger partial charge is 0.0128 e. The first-order valence-corrected chi connectivity index (χ1v) is 10.6. The first-order chi connectivity index (χ1) is 11.2. The Morgan fingerprint density at radius 2 is 1.48 bits per heavy atom. The third kappa shape index (κ3) is 4.08. The van der Waals surface area contributed by atoms with Gasteiger partial charge in [-0.1, -0.05) is 63.2 Å². The molecule has 0 aliphatic rings. The van der Waals surface area contributed by atoms with E-state index in [0.29, 0.717) is 0 Å². The Bertz CT molecular complexity index is 785. The fourth-order valence-corrected chi connectivity index (χ4v) is 3.73. The topological polar surface area (TPSA) is 0 Å². The molecule has 0 aromatic heterocycles. The molecule has 0 fully saturated rings. The lowest BCUT2D eigenvalue weighted by molar-refractivity contribution is 1.43. The Labute approximate surface area is 145 Å². The van der Waals surface area contributed by atoms with E-state index in [1.807, 2.05) is 0 Å². The molecule has 3 unspecified atom stereocenters. The van der Waals surface area contributed by atoms with E-state index in [2.05, 4.69) is 91.9 Å². The molecule has 0 aliphatic heterocycles. The second-order valence-corrected chi connectivity index (χ2v) is 7.73. The maximum absolute atomic E-state index is 2.83. The zero-order chi connectivity index (χ0) is 16.2. The van der Waals surface area contributed by atoms with Crippen molar-refractivity contribution in [3.05, 3.63) is 72.3 Å². The van der Waals surface area contributed by atoms with E-state index in [-0.39, 0.29) is 0 Å². The highest BCUT2D eigenvalue weighted by Crippen LogP contribution is 2.27. The fraction of sp³-hybridized carbons (Fsp3) is 0.100. The molecule has 0 aliphatic carbocycles. The van der Waals surface area contributed by atoms with Crippen LogP contribution in [-0.2, 0) is 6.16 Å². The van der Waals surface area contributed by atoms with Gasteiger partial charge in [0, 0.05) is 0 Å². The molecule has 0 radical (unpaired) electrons. The van der Waals surface area contributed by atoms with Crippen molar-refractivity contribution in [3.8, 4) is 22.3 Å². The summed E-state index contributed by atoms with van der Waals surface area (Å²) >= 11 is 0. The van der Waals surface area contributed by atoms with Crippen LogP contribution in [0.2, 0.25) is 0 Å². The minimum Gasteiger partial charge on any atom is -0.133 e. The van der Waals surface area contributed by atoms with Crippen LogP contribution in [0.3, 0.4) is 0 Å². The van der Waals surface area contributed by atoms with Crippen LogP contribution < -0.4 is 10.6 Å². The molecule has 3 aromatic rings. The summed E-state index contributed by atoms with van der Waals surface area (Å²) in [5, 5.41) is 2.64. The molecule has 3 rings (SSSR count). The summed E-state index contributed by atoms with van der Waals surface area (Å²) in [5.74, 6) is 0. The summed E-state index contributed by atoms with van der Waals surface area (Å²) in [6.07, 6.45) is 1.00. The second-order valence-electron chi connectivity index (χ2n) is 5.58. The van der Waals surface area contributed by atoms with E-state index in [1.54, 1.807) is 0 Å². The van der Waals surface area contributed by atoms with E-state index < -0.39 is 0 Å². The number of rotatable bonds is 4. The highest BCUT2D eigenvalue weighted by atomic mass is 31.1. The normalized spacial score (nSPS) is 11.3. The van der Waals surface area contributed by atoms with E-state index in [0.717, 1.165) is 14.7 Å². The largest absolute Gasteiger partial charge is 0.133 e. The molecule has 0 spiro atoms. The maximum Gasteiger partial charge on any atom is -0.0128 e. The molecule has 0 heterocycles. The summed E-state index contributed by atoms with van der Waals surface area (Å²) in [6.45, 7) is 2.24. The SMILES string of the molecule is CPc1cc(CP)cc(-c2cccc(-c3ccc(P)cc3)c2)c1. The highest BCUT2D eigenvalue weighted by molar-refractivity contribution is 7.46. The van der Waals surface area contributed by atoms with Gasteiger partial charge in [-0.15, -0.1) is 18.5 Å². The standard InChI is InChI=1S/C20H21P3/c1-23-20-10-14(13-21)9-18(12-20)17-4-2-3-16(11-17)15-5-7-19(22)8-6-15/h2-12,23H,13,21-22H2,1H3. The molecule has 23 heavy (non-hydrogen) atoms. The van der Waals surface area contributed by atoms with Gasteiger partial charge < -0.3 is 0 Å². The quantitative estimate of drug-likeness (QED) is 0.589. The minimum absolute atomic E-state index is 0.828. The Morgan fingerprint density at radius 3 is 2.13 bits per heavy atom. The van der Waals surface area contributed by atoms with E-state index >= 15 is 0 Å². The average Bonchev–Trinajstić information content (AvgIpc) is 2.62. The van der Waals surface area contributed by atoms with Crippen molar-refractivity contribution in [3.63, 3.8) is 0 Å². The third-order valence-electron chi connectivity index (χ3n) is 3.96. The lowest BCUT2D eigenvalue weighted by atomic mass is 9.98. The van der Waals surface area contributed by atoms with E-state index in [4.69, 9.17) is 0 Å². The molecule has 0 bridgehead atoms. The third-order valence-corrected chi connectivity index (χ3v) is 5.68. The zero-order valence-electron chi connectivity index (χ0n) is 13.2. The van der Waals surface area contributed by atoms with Crippen molar-refractivity contribution in [1.29, 1.82) is 0 Å². The maximum atomic E-state index is 2.83. The Kier molecular flexibility index (Phi) is 5.61. The van der Waals surface area contributed by atoms with Gasteiger partial charge in [0.15, 0.2) is 0 Å². The van der Waals surface area contributed by atoms with Gasteiger partial charge in [-0.2, -0.15) is 0 Å². The predicted molar refractivity (Wildman–Crippen MR) is 114 cm³/mol. The van der Waals surface area contributed by atoms with Gasteiger partial charge >= 0.3 is 0 Å². The van der Waals surface area contributed by atoms with Crippen LogP contribution in [-0.4, -0.2) is 6.66 Å².